The Hall–Kier alpha value is -0.860. The van der Waals surface area contributed by atoms with E-state index < -0.39 is 0 Å². The fourth-order valence-corrected chi connectivity index (χ4v) is 3.39. The molecule has 2 aliphatic heterocycles. The number of hydrogen-bond acceptors (Lipinski definition) is 3. The highest BCUT2D eigenvalue weighted by Gasteiger charge is 2.30. The molecule has 2 aliphatic rings. The van der Waals surface area contributed by atoms with Crippen molar-refractivity contribution in [2.45, 2.75) is 25.9 Å². The van der Waals surface area contributed by atoms with Crippen LogP contribution in [0, 0.1) is 6.92 Å². The van der Waals surface area contributed by atoms with Crippen molar-refractivity contribution in [3.8, 4) is 0 Å². The number of halogens is 1. The number of hydrogen-bond donors (Lipinski definition) is 1. The molecule has 0 bridgehead atoms. The fraction of sp³-hybridized carbons (Fsp3) is 0.611. The molecular formula is C18H29IN4O. The lowest BCUT2D eigenvalue weighted by molar-refractivity contribution is 0.0195. The summed E-state index contributed by atoms with van der Waals surface area (Å²) in [6, 6.07) is 9.30. The Bertz CT molecular complexity index is 528. The van der Waals surface area contributed by atoms with Crippen LogP contribution in [0.3, 0.4) is 0 Å². The largest absolute Gasteiger partial charge is 0.379 e. The van der Waals surface area contributed by atoms with Gasteiger partial charge in [-0.25, -0.2) is 0 Å². The lowest BCUT2D eigenvalue weighted by Crippen LogP contribution is -2.46. The molecule has 134 valence electrons. The number of rotatable bonds is 3. The summed E-state index contributed by atoms with van der Waals surface area (Å²) in [5.41, 5.74) is 2.59. The first-order chi connectivity index (χ1) is 11.3. The highest BCUT2D eigenvalue weighted by atomic mass is 127. The third-order valence-electron chi connectivity index (χ3n) is 4.81. The van der Waals surface area contributed by atoms with Crippen LogP contribution in [0.5, 0.6) is 0 Å². The van der Waals surface area contributed by atoms with Crippen molar-refractivity contribution in [1.29, 1.82) is 0 Å². The molecule has 1 atom stereocenters. The molecule has 2 saturated heterocycles. The van der Waals surface area contributed by atoms with Crippen LogP contribution in [0.2, 0.25) is 0 Å². The maximum atomic E-state index is 5.46. The van der Waals surface area contributed by atoms with Gasteiger partial charge in [0.15, 0.2) is 5.96 Å². The molecule has 5 nitrogen and oxygen atoms in total. The number of ether oxygens (including phenoxy) is 1. The van der Waals surface area contributed by atoms with E-state index in [2.05, 4.69) is 51.3 Å². The van der Waals surface area contributed by atoms with Gasteiger partial charge in [0.05, 0.1) is 13.2 Å². The summed E-state index contributed by atoms with van der Waals surface area (Å²) < 4.78 is 5.46. The monoisotopic (exact) mass is 444 g/mol. The van der Waals surface area contributed by atoms with E-state index in [0.29, 0.717) is 6.04 Å². The Balaban J connectivity index is 0.00000208. The van der Waals surface area contributed by atoms with Crippen LogP contribution in [0.4, 0.5) is 0 Å². The Morgan fingerprint density at radius 3 is 2.58 bits per heavy atom. The van der Waals surface area contributed by atoms with Gasteiger partial charge in [-0.1, -0.05) is 29.8 Å². The van der Waals surface area contributed by atoms with Gasteiger partial charge < -0.3 is 15.0 Å². The Labute approximate surface area is 162 Å². The van der Waals surface area contributed by atoms with Gasteiger partial charge in [-0.05, 0) is 18.9 Å². The van der Waals surface area contributed by atoms with Crippen molar-refractivity contribution < 1.29 is 4.74 Å². The van der Waals surface area contributed by atoms with Crippen LogP contribution in [0.25, 0.3) is 0 Å². The quantitative estimate of drug-likeness (QED) is 0.441. The van der Waals surface area contributed by atoms with Crippen molar-refractivity contribution in [2.75, 3.05) is 46.4 Å². The smallest absolute Gasteiger partial charge is 0.193 e. The molecule has 1 N–H and O–H groups in total. The van der Waals surface area contributed by atoms with Crippen LogP contribution in [0.15, 0.2) is 29.3 Å². The van der Waals surface area contributed by atoms with E-state index in [-0.39, 0.29) is 24.0 Å². The van der Waals surface area contributed by atoms with Crippen molar-refractivity contribution in [1.82, 2.24) is 15.1 Å². The average molecular weight is 444 g/mol. The van der Waals surface area contributed by atoms with Crippen LogP contribution in [-0.2, 0) is 11.3 Å². The first-order valence-electron chi connectivity index (χ1n) is 8.59. The van der Waals surface area contributed by atoms with Crippen molar-refractivity contribution in [3.63, 3.8) is 0 Å². The minimum atomic E-state index is 0. The topological polar surface area (TPSA) is 40.1 Å². The molecule has 6 heteroatoms. The van der Waals surface area contributed by atoms with Gasteiger partial charge in [0.2, 0.25) is 0 Å². The Morgan fingerprint density at radius 2 is 1.92 bits per heavy atom. The summed E-state index contributed by atoms with van der Waals surface area (Å²) in [6.07, 6.45) is 1.21. The van der Waals surface area contributed by atoms with Gasteiger partial charge in [-0.3, -0.25) is 9.89 Å². The summed E-state index contributed by atoms with van der Waals surface area (Å²) in [6.45, 7) is 8.95. The van der Waals surface area contributed by atoms with Gasteiger partial charge >= 0.3 is 0 Å². The van der Waals surface area contributed by atoms with Gasteiger partial charge in [0.25, 0.3) is 0 Å². The number of aryl methyl sites for hydroxylation is 1. The maximum absolute atomic E-state index is 5.46. The third kappa shape index (κ3) is 5.07. The molecule has 1 unspecified atom stereocenters. The van der Waals surface area contributed by atoms with Crippen molar-refractivity contribution >= 4 is 29.9 Å². The van der Waals surface area contributed by atoms with Gasteiger partial charge in [-0.15, -0.1) is 24.0 Å². The molecule has 2 fully saturated rings. The van der Waals surface area contributed by atoms with Crippen molar-refractivity contribution in [3.05, 3.63) is 35.4 Å². The van der Waals surface area contributed by atoms with E-state index in [4.69, 9.17) is 4.74 Å². The molecule has 0 saturated carbocycles. The minimum absolute atomic E-state index is 0. The molecule has 0 aromatic heterocycles. The molecule has 0 spiro atoms. The predicted molar refractivity (Wildman–Crippen MR) is 109 cm³/mol. The fourth-order valence-electron chi connectivity index (χ4n) is 3.39. The van der Waals surface area contributed by atoms with Gasteiger partial charge in [0.1, 0.15) is 0 Å². The van der Waals surface area contributed by atoms with E-state index in [1.165, 1.54) is 17.5 Å². The first kappa shape index (κ1) is 19.5. The van der Waals surface area contributed by atoms with Crippen LogP contribution in [0.1, 0.15) is 17.5 Å². The summed E-state index contributed by atoms with van der Waals surface area (Å²) in [7, 11) is 1.87. The van der Waals surface area contributed by atoms with Crippen molar-refractivity contribution in [2.24, 2.45) is 4.99 Å². The van der Waals surface area contributed by atoms with Gasteiger partial charge in [0, 0.05) is 45.8 Å². The van der Waals surface area contributed by atoms with Crippen LogP contribution < -0.4 is 5.32 Å². The molecule has 3 rings (SSSR count). The predicted octanol–water partition coefficient (Wildman–Crippen LogP) is 2.09. The minimum Gasteiger partial charge on any atom is -0.379 e. The van der Waals surface area contributed by atoms with E-state index in [1.54, 1.807) is 0 Å². The van der Waals surface area contributed by atoms with E-state index >= 15 is 0 Å². The number of nitrogens with zero attached hydrogens (tertiary/aromatic N) is 3. The maximum Gasteiger partial charge on any atom is 0.193 e. The lowest BCUT2D eigenvalue weighted by atomic mass is 10.1. The number of morpholine rings is 1. The summed E-state index contributed by atoms with van der Waals surface area (Å²) in [4.78, 5) is 9.42. The van der Waals surface area contributed by atoms with E-state index in [9.17, 15) is 0 Å². The second kappa shape index (κ2) is 9.58. The first-order valence-corrected chi connectivity index (χ1v) is 8.59. The molecule has 0 amide bonds. The number of benzene rings is 1. The third-order valence-corrected chi connectivity index (χ3v) is 4.81. The highest BCUT2D eigenvalue weighted by Crippen LogP contribution is 2.17. The number of aliphatic imine (C=N–C) groups is 1. The molecule has 1 aromatic carbocycles. The van der Waals surface area contributed by atoms with Crippen LogP contribution in [-0.4, -0.2) is 68.2 Å². The Kier molecular flexibility index (Phi) is 7.77. The molecule has 0 radical (unpaired) electrons. The zero-order chi connectivity index (χ0) is 16.1. The van der Waals surface area contributed by atoms with E-state index in [0.717, 1.165) is 51.9 Å². The van der Waals surface area contributed by atoms with E-state index in [1.807, 2.05) is 7.05 Å². The molecule has 24 heavy (non-hydrogen) atoms. The Morgan fingerprint density at radius 1 is 1.21 bits per heavy atom. The molecule has 0 aliphatic carbocycles. The highest BCUT2D eigenvalue weighted by molar-refractivity contribution is 14.0. The number of nitrogens with one attached hydrogen (secondary N) is 1. The second-order valence-corrected chi connectivity index (χ2v) is 6.42. The summed E-state index contributed by atoms with van der Waals surface area (Å²) in [5, 5.41) is 3.50. The summed E-state index contributed by atoms with van der Waals surface area (Å²) >= 11 is 0. The zero-order valence-corrected chi connectivity index (χ0v) is 17.0. The average Bonchev–Trinajstić information content (AvgIpc) is 3.08. The normalized spacial score (nSPS) is 22.3. The summed E-state index contributed by atoms with van der Waals surface area (Å²) in [5.74, 6) is 1.02. The second-order valence-electron chi connectivity index (χ2n) is 6.42. The molecular weight excluding hydrogens is 415 g/mol. The SMILES string of the molecule is CN=C(NCc1ccc(C)cc1)N1CCC(N2CCOCC2)C1.I. The lowest BCUT2D eigenvalue weighted by Gasteiger charge is -2.32. The molecule has 1 aromatic rings. The number of likely N-dealkylation sites (tertiary alicyclic amines) is 1. The van der Waals surface area contributed by atoms with Crippen LogP contribution >= 0.6 is 24.0 Å². The standard InChI is InChI=1S/C18H28N4O.HI/c1-15-3-5-16(6-4-15)13-20-18(19-2)22-8-7-17(14-22)21-9-11-23-12-10-21;/h3-6,17H,7-14H2,1-2H3,(H,19,20);1H. The van der Waals surface area contributed by atoms with Gasteiger partial charge in [-0.2, -0.15) is 0 Å². The number of guanidine groups is 1. The zero-order valence-electron chi connectivity index (χ0n) is 14.7. The molecule has 2 heterocycles.